The van der Waals surface area contributed by atoms with Crippen LogP contribution < -0.4 is 4.90 Å². The van der Waals surface area contributed by atoms with E-state index in [1.165, 1.54) is 0 Å². The lowest BCUT2D eigenvalue weighted by Gasteiger charge is -2.36. The maximum atomic E-state index is 13.4. The summed E-state index contributed by atoms with van der Waals surface area (Å²) in [6.07, 6.45) is 0.321. The molecule has 0 N–H and O–H groups in total. The van der Waals surface area contributed by atoms with Crippen LogP contribution in [0.2, 0.25) is 15.1 Å². The highest BCUT2D eigenvalue weighted by atomic mass is 35.5. The minimum absolute atomic E-state index is 0.0452. The third-order valence-corrected chi connectivity index (χ3v) is 6.92. The molecule has 2 nitrogen and oxygen atoms in total. The molecule has 0 spiro atoms. The fourth-order valence-electron chi connectivity index (χ4n) is 4.45. The Hall–Kier alpha value is -2.52. The van der Waals surface area contributed by atoms with Crippen molar-refractivity contribution in [2.24, 2.45) is 0 Å². The number of carbonyl (C=O) groups excluding carboxylic acids is 1. The van der Waals surface area contributed by atoms with Crippen LogP contribution in [0, 0.1) is 0 Å². The predicted molar refractivity (Wildman–Crippen MR) is 130 cm³/mol. The van der Waals surface area contributed by atoms with Gasteiger partial charge in [-0.2, -0.15) is 0 Å². The zero-order chi connectivity index (χ0) is 21.5. The minimum atomic E-state index is -0.171. The van der Waals surface area contributed by atoms with Crippen molar-refractivity contribution in [2.45, 2.75) is 18.9 Å². The molecule has 4 aromatic carbocycles. The zero-order valence-corrected chi connectivity index (χ0v) is 18.8. The third kappa shape index (κ3) is 3.70. The van der Waals surface area contributed by atoms with Crippen LogP contribution >= 0.6 is 34.8 Å². The van der Waals surface area contributed by atoms with Gasteiger partial charge in [-0.05, 0) is 51.7 Å². The predicted octanol–water partition coefficient (Wildman–Crippen LogP) is 7.87. The van der Waals surface area contributed by atoms with Crippen LogP contribution in [0.25, 0.3) is 10.8 Å². The van der Waals surface area contributed by atoms with Gasteiger partial charge in [0.2, 0.25) is 5.91 Å². The second-order valence-corrected chi connectivity index (χ2v) is 8.95. The highest BCUT2D eigenvalue weighted by Gasteiger charge is 2.34. The number of benzene rings is 4. The van der Waals surface area contributed by atoms with Crippen LogP contribution in [-0.4, -0.2) is 5.91 Å². The lowest BCUT2D eigenvalue weighted by molar-refractivity contribution is -0.119. The van der Waals surface area contributed by atoms with E-state index >= 15 is 0 Å². The van der Waals surface area contributed by atoms with Gasteiger partial charge in [-0.3, -0.25) is 4.79 Å². The van der Waals surface area contributed by atoms with Gasteiger partial charge in [0.25, 0.3) is 0 Å². The van der Waals surface area contributed by atoms with Crippen LogP contribution in [-0.2, 0) is 11.3 Å². The van der Waals surface area contributed by atoms with E-state index in [1.807, 2.05) is 59.5 Å². The Labute approximate surface area is 196 Å². The fraction of sp³-hybridized carbons (Fsp3) is 0.115. The summed E-state index contributed by atoms with van der Waals surface area (Å²) in [5.74, 6) is -0.126. The first-order valence-corrected chi connectivity index (χ1v) is 11.2. The first-order valence-electron chi connectivity index (χ1n) is 10.0. The number of carbonyl (C=O) groups is 1. The number of rotatable bonds is 3. The van der Waals surface area contributed by atoms with Crippen molar-refractivity contribution >= 4 is 57.2 Å². The normalized spacial score (nSPS) is 15.9. The summed E-state index contributed by atoms with van der Waals surface area (Å²) >= 11 is 19.1. The molecule has 31 heavy (non-hydrogen) atoms. The van der Waals surface area contributed by atoms with Crippen LogP contribution in [0.15, 0.2) is 78.9 Å². The number of fused-ring (bicyclic) bond motifs is 3. The lowest BCUT2D eigenvalue weighted by atomic mass is 9.81. The largest absolute Gasteiger partial charge is 0.308 e. The third-order valence-electron chi connectivity index (χ3n) is 5.85. The second kappa shape index (κ2) is 8.20. The van der Waals surface area contributed by atoms with Gasteiger partial charge in [0, 0.05) is 23.0 Å². The van der Waals surface area contributed by atoms with Crippen molar-refractivity contribution in [3.63, 3.8) is 0 Å². The quantitative estimate of drug-likeness (QED) is 0.301. The lowest BCUT2D eigenvalue weighted by Crippen LogP contribution is -2.36. The number of anilines is 1. The Morgan fingerprint density at radius 3 is 2.52 bits per heavy atom. The van der Waals surface area contributed by atoms with Crippen LogP contribution in [0.3, 0.4) is 0 Å². The SMILES string of the molecule is O=C1CC(c2cccc(Cl)c2Cl)c2c(ccc3ccccc23)N1Cc1cccc(Cl)c1. The number of hydrogen-bond acceptors (Lipinski definition) is 1. The van der Waals surface area contributed by atoms with E-state index in [0.717, 1.165) is 33.2 Å². The number of halogens is 3. The Morgan fingerprint density at radius 1 is 0.871 bits per heavy atom. The molecule has 4 aromatic rings. The molecule has 0 saturated carbocycles. The maximum absolute atomic E-state index is 13.4. The Kier molecular flexibility index (Phi) is 5.39. The van der Waals surface area contributed by atoms with Gasteiger partial charge in [0.05, 0.1) is 16.6 Å². The summed E-state index contributed by atoms with van der Waals surface area (Å²) in [7, 11) is 0. The molecule has 0 fully saturated rings. The van der Waals surface area contributed by atoms with E-state index in [1.54, 1.807) is 6.07 Å². The van der Waals surface area contributed by atoms with Gasteiger partial charge >= 0.3 is 0 Å². The molecular weight excluding hydrogens is 449 g/mol. The fourth-order valence-corrected chi connectivity index (χ4v) is 5.11. The molecule has 0 saturated heterocycles. The number of hydrogen-bond donors (Lipinski definition) is 0. The van der Waals surface area contributed by atoms with Crippen molar-refractivity contribution in [1.29, 1.82) is 0 Å². The summed E-state index contributed by atoms with van der Waals surface area (Å²) in [5.41, 5.74) is 3.86. The van der Waals surface area contributed by atoms with Gasteiger partial charge < -0.3 is 4.90 Å². The van der Waals surface area contributed by atoms with Crippen molar-refractivity contribution < 1.29 is 4.79 Å². The van der Waals surface area contributed by atoms with Gasteiger partial charge in [-0.25, -0.2) is 0 Å². The molecule has 5 heteroatoms. The Bertz CT molecular complexity index is 1320. The molecule has 1 unspecified atom stereocenters. The topological polar surface area (TPSA) is 20.3 Å². The van der Waals surface area contributed by atoms with E-state index in [2.05, 4.69) is 18.2 Å². The van der Waals surface area contributed by atoms with Gasteiger partial charge in [0.15, 0.2) is 0 Å². The van der Waals surface area contributed by atoms with Gasteiger partial charge in [-0.15, -0.1) is 0 Å². The highest BCUT2D eigenvalue weighted by molar-refractivity contribution is 6.42. The smallest absolute Gasteiger partial charge is 0.228 e. The molecular formula is C26H18Cl3NO. The van der Waals surface area contributed by atoms with Crippen molar-refractivity contribution in [3.8, 4) is 0 Å². The molecule has 0 bridgehead atoms. The van der Waals surface area contributed by atoms with E-state index in [9.17, 15) is 4.79 Å². The molecule has 0 aliphatic carbocycles. The standard InChI is InChI=1S/C26H18Cl3NO/c27-18-7-3-5-16(13-18)15-30-23-12-11-17-6-1-2-8-19(17)25(23)21(14-24(30)31)20-9-4-10-22(28)26(20)29/h1-13,21H,14-15H2. The molecule has 5 rings (SSSR count). The molecule has 1 atom stereocenters. The van der Waals surface area contributed by atoms with Gasteiger partial charge in [-0.1, -0.05) is 89.4 Å². The summed E-state index contributed by atoms with van der Waals surface area (Å²) in [4.78, 5) is 15.2. The number of nitrogens with zero attached hydrogens (tertiary/aromatic N) is 1. The van der Waals surface area contributed by atoms with E-state index in [0.29, 0.717) is 28.0 Å². The first kappa shape index (κ1) is 20.4. The summed E-state index contributed by atoms with van der Waals surface area (Å²) in [5, 5.41) is 3.90. The maximum Gasteiger partial charge on any atom is 0.228 e. The van der Waals surface area contributed by atoms with Crippen molar-refractivity contribution in [2.75, 3.05) is 4.90 Å². The average Bonchev–Trinajstić information content (AvgIpc) is 2.77. The van der Waals surface area contributed by atoms with Crippen molar-refractivity contribution in [1.82, 2.24) is 0 Å². The highest BCUT2D eigenvalue weighted by Crippen LogP contribution is 2.47. The summed E-state index contributed by atoms with van der Waals surface area (Å²) in [6, 6.07) is 25.6. The van der Waals surface area contributed by atoms with Crippen molar-refractivity contribution in [3.05, 3.63) is 111 Å². The molecule has 1 heterocycles. The molecule has 1 amide bonds. The monoisotopic (exact) mass is 465 g/mol. The van der Waals surface area contributed by atoms with Crippen LogP contribution in [0.5, 0.6) is 0 Å². The molecule has 154 valence electrons. The molecule has 1 aliphatic rings. The molecule has 0 radical (unpaired) electrons. The first-order chi connectivity index (χ1) is 15.0. The average molecular weight is 467 g/mol. The van der Waals surface area contributed by atoms with Gasteiger partial charge in [0.1, 0.15) is 0 Å². The summed E-state index contributed by atoms with van der Waals surface area (Å²) in [6.45, 7) is 0.459. The van der Waals surface area contributed by atoms with Crippen LogP contribution in [0.1, 0.15) is 29.0 Å². The van der Waals surface area contributed by atoms with Crippen LogP contribution in [0.4, 0.5) is 5.69 Å². The minimum Gasteiger partial charge on any atom is -0.308 e. The molecule has 1 aliphatic heterocycles. The summed E-state index contributed by atoms with van der Waals surface area (Å²) < 4.78 is 0. The molecule has 0 aromatic heterocycles. The number of amides is 1. The Morgan fingerprint density at radius 2 is 1.68 bits per heavy atom. The Balaban J connectivity index is 1.71. The van der Waals surface area contributed by atoms with E-state index in [4.69, 9.17) is 34.8 Å². The second-order valence-electron chi connectivity index (χ2n) is 7.73. The van der Waals surface area contributed by atoms with E-state index in [-0.39, 0.29) is 11.8 Å². The van der Waals surface area contributed by atoms with E-state index < -0.39 is 0 Å². The zero-order valence-electron chi connectivity index (χ0n) is 16.5.